The third kappa shape index (κ3) is 5.31. The van der Waals surface area contributed by atoms with Crippen LogP contribution < -0.4 is 5.32 Å². The molecule has 2 heterocycles. The Bertz CT molecular complexity index is 397. The van der Waals surface area contributed by atoms with Gasteiger partial charge in [-0.1, -0.05) is 13.8 Å². The molecule has 6 heteroatoms. The van der Waals surface area contributed by atoms with Crippen molar-refractivity contribution in [1.82, 2.24) is 10.2 Å². The molecule has 0 aliphatic carbocycles. The van der Waals surface area contributed by atoms with E-state index in [1.807, 2.05) is 0 Å². The zero-order chi connectivity index (χ0) is 14.6. The Balaban J connectivity index is 1.73. The highest BCUT2D eigenvalue weighted by Gasteiger charge is 2.26. The minimum absolute atomic E-state index is 0.109. The predicted octanol–water partition coefficient (Wildman–Crippen LogP) is 0.510. The van der Waals surface area contributed by atoms with Gasteiger partial charge in [0.25, 0.3) is 0 Å². The van der Waals surface area contributed by atoms with Gasteiger partial charge in [-0.2, -0.15) is 0 Å². The summed E-state index contributed by atoms with van der Waals surface area (Å²) in [6, 6.07) is 0.109. The quantitative estimate of drug-likeness (QED) is 0.802. The zero-order valence-electron chi connectivity index (χ0n) is 12.7. The Kier molecular flexibility index (Phi) is 5.84. The van der Waals surface area contributed by atoms with Crippen LogP contribution >= 0.6 is 0 Å². The molecule has 0 spiro atoms. The molecule has 2 aliphatic heterocycles. The van der Waals surface area contributed by atoms with Crippen LogP contribution in [0.2, 0.25) is 0 Å². The highest BCUT2D eigenvalue weighted by molar-refractivity contribution is 7.91. The molecule has 0 aromatic rings. The van der Waals surface area contributed by atoms with Crippen LogP contribution in [-0.4, -0.2) is 69.8 Å². The van der Waals surface area contributed by atoms with Crippen molar-refractivity contribution in [3.8, 4) is 0 Å². The number of nitrogens with zero attached hydrogens (tertiary/aromatic N) is 1. The van der Waals surface area contributed by atoms with Crippen molar-refractivity contribution in [3.63, 3.8) is 0 Å². The number of morpholine rings is 1. The maximum absolute atomic E-state index is 11.6. The first-order chi connectivity index (χ1) is 9.44. The number of rotatable bonds is 5. The lowest BCUT2D eigenvalue weighted by Crippen LogP contribution is -2.50. The van der Waals surface area contributed by atoms with Crippen molar-refractivity contribution < 1.29 is 13.2 Å². The SMILES string of the molecule is CC(C)CN1CCO[C@@H](CN[C@@H]2CCCS(=O)(=O)C2)C1. The molecule has 0 aromatic carbocycles. The first-order valence-electron chi connectivity index (χ1n) is 7.72. The number of hydrogen-bond acceptors (Lipinski definition) is 5. The molecule has 2 aliphatic rings. The van der Waals surface area contributed by atoms with Gasteiger partial charge in [-0.25, -0.2) is 8.42 Å². The molecule has 0 saturated carbocycles. The van der Waals surface area contributed by atoms with Gasteiger partial charge in [0.2, 0.25) is 0 Å². The summed E-state index contributed by atoms with van der Waals surface area (Å²) in [5, 5.41) is 3.39. The Morgan fingerprint density at radius 2 is 2.20 bits per heavy atom. The van der Waals surface area contributed by atoms with E-state index in [9.17, 15) is 8.42 Å². The maximum Gasteiger partial charge on any atom is 0.151 e. The molecule has 20 heavy (non-hydrogen) atoms. The molecule has 0 aromatic heterocycles. The van der Waals surface area contributed by atoms with Crippen LogP contribution in [0.15, 0.2) is 0 Å². The molecule has 2 atom stereocenters. The van der Waals surface area contributed by atoms with Gasteiger partial charge >= 0.3 is 0 Å². The Morgan fingerprint density at radius 3 is 2.90 bits per heavy atom. The monoisotopic (exact) mass is 304 g/mol. The molecule has 0 unspecified atom stereocenters. The van der Waals surface area contributed by atoms with Crippen molar-refractivity contribution in [3.05, 3.63) is 0 Å². The summed E-state index contributed by atoms with van der Waals surface area (Å²) in [5.74, 6) is 1.31. The van der Waals surface area contributed by atoms with Crippen LogP contribution in [0, 0.1) is 5.92 Å². The molecule has 1 N–H and O–H groups in total. The average molecular weight is 304 g/mol. The van der Waals surface area contributed by atoms with Crippen LogP contribution in [-0.2, 0) is 14.6 Å². The second-order valence-corrected chi connectivity index (χ2v) is 8.74. The third-order valence-electron chi connectivity index (χ3n) is 3.94. The van der Waals surface area contributed by atoms with Gasteiger partial charge in [-0.3, -0.25) is 4.90 Å². The summed E-state index contributed by atoms with van der Waals surface area (Å²) < 4.78 is 29.0. The van der Waals surface area contributed by atoms with Crippen LogP contribution in [0.5, 0.6) is 0 Å². The van der Waals surface area contributed by atoms with Gasteiger partial charge in [0, 0.05) is 32.2 Å². The maximum atomic E-state index is 11.6. The van der Waals surface area contributed by atoms with E-state index in [0.29, 0.717) is 11.7 Å². The van der Waals surface area contributed by atoms with Crippen molar-refractivity contribution in [2.45, 2.75) is 38.8 Å². The fourth-order valence-corrected chi connectivity index (χ4v) is 4.74. The first kappa shape index (κ1) is 16.2. The lowest BCUT2D eigenvalue weighted by molar-refractivity contribution is -0.0311. The van der Waals surface area contributed by atoms with Crippen molar-refractivity contribution >= 4 is 9.84 Å². The fourth-order valence-electron chi connectivity index (χ4n) is 3.07. The summed E-state index contributed by atoms with van der Waals surface area (Å²) in [5.41, 5.74) is 0. The zero-order valence-corrected chi connectivity index (χ0v) is 13.5. The molecular formula is C14H28N2O3S. The van der Waals surface area contributed by atoms with Crippen LogP contribution in [0.1, 0.15) is 26.7 Å². The molecule has 5 nitrogen and oxygen atoms in total. The second-order valence-electron chi connectivity index (χ2n) is 6.51. The van der Waals surface area contributed by atoms with E-state index in [-0.39, 0.29) is 17.9 Å². The number of hydrogen-bond donors (Lipinski definition) is 1. The molecule has 2 rings (SSSR count). The molecule has 0 bridgehead atoms. The van der Waals surface area contributed by atoms with Crippen molar-refractivity contribution in [1.29, 1.82) is 0 Å². The normalized spacial score (nSPS) is 31.6. The highest BCUT2D eigenvalue weighted by atomic mass is 32.2. The van der Waals surface area contributed by atoms with Gasteiger partial charge in [-0.15, -0.1) is 0 Å². The Labute approximate surface area is 123 Å². The average Bonchev–Trinajstić information content (AvgIpc) is 2.35. The molecule has 0 amide bonds. The highest BCUT2D eigenvalue weighted by Crippen LogP contribution is 2.13. The summed E-state index contributed by atoms with van der Waals surface area (Å²) in [6.07, 6.45) is 1.93. The third-order valence-corrected chi connectivity index (χ3v) is 5.76. The summed E-state index contributed by atoms with van der Waals surface area (Å²) >= 11 is 0. The number of ether oxygens (including phenoxy) is 1. The van der Waals surface area contributed by atoms with Crippen LogP contribution in [0.25, 0.3) is 0 Å². The van der Waals surface area contributed by atoms with E-state index in [0.717, 1.165) is 45.6 Å². The van der Waals surface area contributed by atoms with Gasteiger partial charge in [0.05, 0.1) is 24.2 Å². The van der Waals surface area contributed by atoms with Crippen LogP contribution in [0.3, 0.4) is 0 Å². The topological polar surface area (TPSA) is 58.6 Å². The van der Waals surface area contributed by atoms with Gasteiger partial charge in [-0.05, 0) is 18.8 Å². The lowest BCUT2D eigenvalue weighted by Gasteiger charge is -2.35. The standard InChI is InChI=1S/C14H28N2O3S/c1-12(2)9-16-5-6-19-14(10-16)8-15-13-4-3-7-20(17,18)11-13/h12-15H,3-11H2,1-2H3/t13-,14+/m1/s1. The van der Waals surface area contributed by atoms with Crippen molar-refractivity contribution in [2.75, 3.05) is 44.3 Å². The predicted molar refractivity (Wildman–Crippen MR) is 80.7 cm³/mol. The lowest BCUT2D eigenvalue weighted by atomic mass is 10.1. The summed E-state index contributed by atoms with van der Waals surface area (Å²) in [7, 11) is -2.83. The molecular weight excluding hydrogens is 276 g/mol. The second kappa shape index (κ2) is 7.20. The van der Waals surface area contributed by atoms with E-state index in [2.05, 4.69) is 24.1 Å². The van der Waals surface area contributed by atoms with E-state index in [1.54, 1.807) is 0 Å². The number of nitrogens with one attached hydrogen (secondary N) is 1. The number of sulfone groups is 1. The first-order valence-corrected chi connectivity index (χ1v) is 9.54. The van der Waals surface area contributed by atoms with Gasteiger partial charge in [0.1, 0.15) is 0 Å². The van der Waals surface area contributed by atoms with Gasteiger partial charge in [0.15, 0.2) is 9.84 Å². The minimum atomic E-state index is -2.83. The Morgan fingerprint density at radius 1 is 1.40 bits per heavy atom. The summed E-state index contributed by atoms with van der Waals surface area (Å²) in [4.78, 5) is 2.44. The molecule has 2 saturated heterocycles. The fraction of sp³-hybridized carbons (Fsp3) is 1.00. The smallest absolute Gasteiger partial charge is 0.151 e. The molecule has 118 valence electrons. The van der Waals surface area contributed by atoms with E-state index >= 15 is 0 Å². The molecule has 2 fully saturated rings. The van der Waals surface area contributed by atoms with E-state index < -0.39 is 9.84 Å². The van der Waals surface area contributed by atoms with E-state index in [1.165, 1.54) is 0 Å². The van der Waals surface area contributed by atoms with Crippen LogP contribution in [0.4, 0.5) is 0 Å². The minimum Gasteiger partial charge on any atom is -0.374 e. The largest absolute Gasteiger partial charge is 0.374 e. The molecule has 0 radical (unpaired) electrons. The van der Waals surface area contributed by atoms with Crippen molar-refractivity contribution in [2.24, 2.45) is 5.92 Å². The van der Waals surface area contributed by atoms with E-state index in [4.69, 9.17) is 4.74 Å². The summed E-state index contributed by atoms with van der Waals surface area (Å²) in [6.45, 7) is 9.07. The van der Waals surface area contributed by atoms with Gasteiger partial charge < -0.3 is 10.1 Å². The Hall–Kier alpha value is -0.170.